The number of aliphatic hydroxyl groups excluding tert-OH is 1. The van der Waals surface area contributed by atoms with Gasteiger partial charge >= 0.3 is 0 Å². The zero-order chi connectivity index (χ0) is 16.1. The van der Waals surface area contributed by atoms with E-state index in [4.69, 9.17) is 0 Å². The topological polar surface area (TPSA) is 32.3 Å². The molecule has 0 saturated heterocycles. The molecule has 2 N–H and O–H groups in total. The Kier molecular flexibility index (Phi) is 5.47. The monoisotopic (exact) mass is 309 g/mol. The quantitative estimate of drug-likeness (QED) is 0.839. The Morgan fingerprint density at radius 1 is 1.00 bits per heavy atom. The van der Waals surface area contributed by atoms with E-state index in [9.17, 15) is 5.11 Å². The van der Waals surface area contributed by atoms with Crippen molar-refractivity contribution in [2.24, 2.45) is 0 Å². The Balaban J connectivity index is 1.64. The zero-order valence-corrected chi connectivity index (χ0v) is 14.0. The van der Waals surface area contributed by atoms with Crippen LogP contribution in [0.2, 0.25) is 0 Å². The average molecular weight is 309 g/mol. The lowest BCUT2D eigenvalue weighted by molar-refractivity contribution is 0.125. The standard InChI is InChI=1S/C21H27NO/c1-2-20(21(23)18-9-4-3-5-10-18)22-15-16-12-13-17-8-6-7-11-19(17)14-16/h3-5,9-10,12-14,20-23H,2,6-8,11,15H2,1H3. The summed E-state index contributed by atoms with van der Waals surface area (Å²) in [5, 5.41) is 14.1. The Morgan fingerprint density at radius 3 is 2.48 bits per heavy atom. The van der Waals surface area contributed by atoms with Crippen molar-refractivity contribution in [2.75, 3.05) is 0 Å². The number of hydrogen-bond acceptors (Lipinski definition) is 2. The Labute approximate surface area is 139 Å². The molecular weight excluding hydrogens is 282 g/mol. The van der Waals surface area contributed by atoms with E-state index >= 15 is 0 Å². The van der Waals surface area contributed by atoms with Crippen LogP contribution >= 0.6 is 0 Å². The van der Waals surface area contributed by atoms with Crippen LogP contribution in [0.1, 0.15) is 54.5 Å². The SMILES string of the molecule is CCC(NCc1ccc2c(c1)CCCC2)C(O)c1ccccc1. The van der Waals surface area contributed by atoms with Gasteiger partial charge in [-0.15, -0.1) is 0 Å². The highest BCUT2D eigenvalue weighted by atomic mass is 16.3. The Morgan fingerprint density at radius 2 is 1.74 bits per heavy atom. The lowest BCUT2D eigenvalue weighted by Crippen LogP contribution is -2.34. The number of fused-ring (bicyclic) bond motifs is 1. The summed E-state index contributed by atoms with van der Waals surface area (Å²) >= 11 is 0. The van der Waals surface area contributed by atoms with Crippen molar-refractivity contribution in [1.29, 1.82) is 0 Å². The molecule has 1 aliphatic carbocycles. The number of rotatable bonds is 6. The Hall–Kier alpha value is -1.64. The molecule has 23 heavy (non-hydrogen) atoms. The molecule has 2 nitrogen and oxygen atoms in total. The van der Waals surface area contributed by atoms with Gasteiger partial charge in [-0.25, -0.2) is 0 Å². The van der Waals surface area contributed by atoms with Crippen molar-refractivity contribution in [2.45, 2.75) is 57.7 Å². The Bertz CT molecular complexity index is 623. The minimum Gasteiger partial charge on any atom is -0.387 e. The van der Waals surface area contributed by atoms with Gasteiger partial charge in [-0.05, 0) is 54.4 Å². The van der Waals surface area contributed by atoms with Crippen LogP contribution in [0.15, 0.2) is 48.5 Å². The normalized spacial score (nSPS) is 16.6. The second-order valence-electron chi connectivity index (χ2n) is 6.56. The smallest absolute Gasteiger partial charge is 0.0942 e. The van der Waals surface area contributed by atoms with E-state index in [1.165, 1.54) is 42.4 Å². The molecule has 2 aromatic rings. The first-order valence-electron chi connectivity index (χ1n) is 8.85. The molecule has 0 fully saturated rings. The van der Waals surface area contributed by atoms with Gasteiger partial charge in [0, 0.05) is 12.6 Å². The van der Waals surface area contributed by atoms with Crippen LogP contribution in [0.25, 0.3) is 0 Å². The van der Waals surface area contributed by atoms with Gasteiger partial charge in [0.1, 0.15) is 0 Å². The molecule has 0 spiro atoms. The van der Waals surface area contributed by atoms with Crippen molar-refractivity contribution in [3.63, 3.8) is 0 Å². The van der Waals surface area contributed by atoms with Crippen molar-refractivity contribution in [3.05, 3.63) is 70.8 Å². The summed E-state index contributed by atoms with van der Waals surface area (Å²) < 4.78 is 0. The number of aliphatic hydroxyl groups is 1. The molecule has 0 aliphatic heterocycles. The third-order valence-electron chi connectivity index (χ3n) is 4.94. The second-order valence-corrected chi connectivity index (χ2v) is 6.56. The van der Waals surface area contributed by atoms with Crippen LogP contribution < -0.4 is 5.32 Å². The van der Waals surface area contributed by atoms with E-state index in [-0.39, 0.29) is 6.04 Å². The lowest BCUT2D eigenvalue weighted by atomic mass is 9.90. The van der Waals surface area contributed by atoms with Crippen molar-refractivity contribution in [1.82, 2.24) is 5.32 Å². The van der Waals surface area contributed by atoms with Gasteiger partial charge in [0.25, 0.3) is 0 Å². The summed E-state index contributed by atoms with van der Waals surface area (Å²) in [4.78, 5) is 0. The molecule has 2 heteroatoms. The molecule has 0 amide bonds. The summed E-state index contributed by atoms with van der Waals surface area (Å²) in [6.45, 7) is 2.94. The number of nitrogens with one attached hydrogen (secondary N) is 1. The van der Waals surface area contributed by atoms with E-state index in [1.54, 1.807) is 0 Å². The van der Waals surface area contributed by atoms with E-state index in [1.807, 2.05) is 30.3 Å². The van der Waals surface area contributed by atoms with Gasteiger partial charge < -0.3 is 10.4 Å². The van der Waals surface area contributed by atoms with Gasteiger partial charge in [-0.3, -0.25) is 0 Å². The van der Waals surface area contributed by atoms with Crippen LogP contribution in [0.3, 0.4) is 0 Å². The maximum atomic E-state index is 10.6. The highest BCUT2D eigenvalue weighted by molar-refractivity contribution is 5.33. The van der Waals surface area contributed by atoms with Crippen molar-refractivity contribution in [3.8, 4) is 0 Å². The molecule has 2 unspecified atom stereocenters. The van der Waals surface area contributed by atoms with Gasteiger partial charge in [0.15, 0.2) is 0 Å². The fraction of sp³-hybridized carbons (Fsp3) is 0.429. The molecule has 0 radical (unpaired) electrons. The molecule has 0 aromatic heterocycles. The third-order valence-corrected chi connectivity index (χ3v) is 4.94. The van der Waals surface area contributed by atoms with E-state index in [2.05, 4.69) is 30.4 Å². The van der Waals surface area contributed by atoms with E-state index in [0.29, 0.717) is 0 Å². The van der Waals surface area contributed by atoms with Crippen LogP contribution in [0, 0.1) is 0 Å². The predicted octanol–water partition coefficient (Wildman–Crippen LogP) is 4.17. The predicted molar refractivity (Wildman–Crippen MR) is 95.4 cm³/mol. The lowest BCUT2D eigenvalue weighted by Gasteiger charge is -2.24. The van der Waals surface area contributed by atoms with Crippen molar-refractivity contribution < 1.29 is 5.11 Å². The summed E-state index contributed by atoms with van der Waals surface area (Å²) in [6.07, 6.45) is 5.53. The second kappa shape index (κ2) is 7.76. The number of hydrogen-bond donors (Lipinski definition) is 2. The summed E-state index contributed by atoms with van der Waals surface area (Å²) in [6, 6.07) is 16.9. The minimum atomic E-state index is -0.459. The summed E-state index contributed by atoms with van der Waals surface area (Å²) in [5.74, 6) is 0. The van der Waals surface area contributed by atoms with Crippen LogP contribution in [0.5, 0.6) is 0 Å². The highest BCUT2D eigenvalue weighted by Gasteiger charge is 2.18. The summed E-state index contributed by atoms with van der Waals surface area (Å²) in [5.41, 5.74) is 5.35. The van der Waals surface area contributed by atoms with Crippen LogP contribution in [-0.4, -0.2) is 11.1 Å². The molecule has 2 aromatic carbocycles. The van der Waals surface area contributed by atoms with Crippen molar-refractivity contribution >= 4 is 0 Å². The van der Waals surface area contributed by atoms with Gasteiger partial charge in [-0.1, -0.05) is 55.5 Å². The molecule has 3 rings (SSSR count). The molecule has 1 aliphatic rings. The van der Waals surface area contributed by atoms with Crippen LogP contribution in [-0.2, 0) is 19.4 Å². The highest BCUT2D eigenvalue weighted by Crippen LogP contribution is 2.23. The summed E-state index contributed by atoms with van der Waals surface area (Å²) in [7, 11) is 0. The fourth-order valence-corrected chi connectivity index (χ4v) is 3.51. The first kappa shape index (κ1) is 16.2. The van der Waals surface area contributed by atoms with Gasteiger partial charge in [0.05, 0.1) is 6.10 Å². The first-order chi connectivity index (χ1) is 11.3. The zero-order valence-electron chi connectivity index (χ0n) is 14.0. The molecule has 122 valence electrons. The van der Waals surface area contributed by atoms with E-state index in [0.717, 1.165) is 18.5 Å². The fourth-order valence-electron chi connectivity index (χ4n) is 3.51. The van der Waals surface area contributed by atoms with Gasteiger partial charge in [0.2, 0.25) is 0 Å². The van der Waals surface area contributed by atoms with E-state index < -0.39 is 6.10 Å². The molecule has 0 bridgehead atoms. The largest absolute Gasteiger partial charge is 0.387 e. The molecule has 2 atom stereocenters. The molecular formula is C21H27NO. The molecule has 0 saturated carbocycles. The third kappa shape index (κ3) is 4.01. The maximum Gasteiger partial charge on any atom is 0.0942 e. The molecule has 0 heterocycles. The van der Waals surface area contributed by atoms with Gasteiger partial charge in [-0.2, -0.15) is 0 Å². The average Bonchev–Trinajstić information content (AvgIpc) is 2.62. The van der Waals surface area contributed by atoms with Crippen LogP contribution in [0.4, 0.5) is 0 Å². The minimum absolute atomic E-state index is 0.0773. The maximum absolute atomic E-state index is 10.6. The number of aryl methyl sites for hydroxylation is 2. The first-order valence-corrected chi connectivity index (χ1v) is 8.85. The number of benzene rings is 2.